The minimum Gasteiger partial charge on any atom is -0.348 e. The molecule has 0 fully saturated rings. The fourth-order valence-corrected chi connectivity index (χ4v) is 4.84. The molecule has 0 aliphatic carbocycles. The average Bonchev–Trinajstić information content (AvgIpc) is 2.85. The summed E-state index contributed by atoms with van der Waals surface area (Å²) in [5.41, 5.74) is 4.54. The first kappa shape index (κ1) is 21.8. The van der Waals surface area contributed by atoms with E-state index in [9.17, 15) is 10.1 Å². The van der Waals surface area contributed by atoms with Crippen molar-refractivity contribution in [3.05, 3.63) is 107 Å². The van der Waals surface area contributed by atoms with Gasteiger partial charge in [-0.3, -0.25) is 9.69 Å². The first-order chi connectivity index (χ1) is 15.5. The monoisotopic (exact) mass is 423 g/mol. The van der Waals surface area contributed by atoms with Crippen LogP contribution in [0.3, 0.4) is 0 Å². The average molecular weight is 424 g/mol. The summed E-state index contributed by atoms with van der Waals surface area (Å²) >= 11 is 0. The van der Waals surface area contributed by atoms with Gasteiger partial charge in [0.15, 0.2) is 0 Å². The van der Waals surface area contributed by atoms with Crippen LogP contribution in [-0.2, 0) is 23.2 Å². The fraction of sp³-hybridized carbons (Fsp3) is 0.286. The Morgan fingerprint density at radius 1 is 0.969 bits per heavy atom. The second kappa shape index (κ2) is 9.38. The third kappa shape index (κ3) is 4.17. The summed E-state index contributed by atoms with van der Waals surface area (Å²) in [4.78, 5) is 17.9. The van der Waals surface area contributed by atoms with Crippen molar-refractivity contribution in [2.24, 2.45) is 0 Å². The summed E-state index contributed by atoms with van der Waals surface area (Å²) in [5.74, 6) is 0.0964. The summed E-state index contributed by atoms with van der Waals surface area (Å²) in [7, 11) is 3.67. The molecule has 32 heavy (non-hydrogen) atoms. The lowest BCUT2D eigenvalue weighted by atomic mass is 9.70. The quantitative estimate of drug-likeness (QED) is 0.591. The summed E-state index contributed by atoms with van der Waals surface area (Å²) in [6.07, 6.45) is 1.65. The molecule has 4 heteroatoms. The van der Waals surface area contributed by atoms with E-state index < -0.39 is 5.41 Å². The Labute approximate surface area is 190 Å². The summed E-state index contributed by atoms with van der Waals surface area (Å²) in [5, 5.41) is 9.27. The van der Waals surface area contributed by atoms with Gasteiger partial charge in [0.1, 0.15) is 5.41 Å². The van der Waals surface area contributed by atoms with Gasteiger partial charge in [-0.05, 0) is 47.2 Å². The molecule has 0 unspecified atom stereocenters. The predicted octanol–water partition coefficient (Wildman–Crippen LogP) is 4.38. The van der Waals surface area contributed by atoms with Gasteiger partial charge in [-0.25, -0.2) is 0 Å². The van der Waals surface area contributed by atoms with E-state index in [0.29, 0.717) is 12.0 Å². The van der Waals surface area contributed by atoms with Crippen molar-refractivity contribution in [3.8, 4) is 6.07 Å². The number of hydrogen-bond acceptors (Lipinski definition) is 3. The van der Waals surface area contributed by atoms with Gasteiger partial charge in [0.2, 0.25) is 5.91 Å². The van der Waals surface area contributed by atoms with Gasteiger partial charge in [0.25, 0.3) is 0 Å². The molecule has 0 N–H and O–H groups in total. The van der Waals surface area contributed by atoms with Crippen molar-refractivity contribution in [1.29, 1.82) is 5.26 Å². The van der Waals surface area contributed by atoms with E-state index in [4.69, 9.17) is 0 Å². The van der Waals surface area contributed by atoms with Crippen molar-refractivity contribution in [2.75, 3.05) is 27.2 Å². The number of nitriles is 1. The maximum absolute atomic E-state index is 13.8. The number of carbonyl (C=O) groups excluding carboxylic acids is 1. The smallest absolute Gasteiger partial charge is 0.237 e. The molecule has 0 radical (unpaired) electrons. The molecule has 3 aromatic carbocycles. The molecule has 1 aliphatic heterocycles. The molecule has 1 amide bonds. The van der Waals surface area contributed by atoms with Crippen molar-refractivity contribution in [1.82, 2.24) is 9.80 Å². The maximum atomic E-state index is 13.8. The summed E-state index contributed by atoms with van der Waals surface area (Å²) in [6, 6.07) is 28.5. The second-order valence-corrected chi connectivity index (χ2v) is 8.71. The Balaban J connectivity index is 1.68. The van der Waals surface area contributed by atoms with Crippen LogP contribution < -0.4 is 0 Å². The number of hydrogen-bond donors (Lipinski definition) is 0. The van der Waals surface area contributed by atoms with Gasteiger partial charge in [-0.1, -0.05) is 66.7 Å². The minimum atomic E-state index is -0.749. The van der Waals surface area contributed by atoms with Crippen LogP contribution in [0, 0.1) is 11.3 Å². The van der Waals surface area contributed by atoms with Crippen molar-refractivity contribution < 1.29 is 4.79 Å². The van der Waals surface area contributed by atoms with E-state index in [2.05, 4.69) is 41.3 Å². The highest BCUT2D eigenvalue weighted by Gasteiger charge is 2.43. The van der Waals surface area contributed by atoms with Crippen molar-refractivity contribution in [2.45, 2.75) is 24.8 Å². The first-order valence-electron chi connectivity index (χ1n) is 11.1. The SMILES string of the molecule is CN(C)C(=O)C(CCN1CCc2ccc(C#N)cc2C1)(c1ccccc1)c1ccccc1. The van der Waals surface area contributed by atoms with Crippen molar-refractivity contribution >= 4 is 5.91 Å². The molecule has 0 aromatic heterocycles. The van der Waals surface area contributed by atoms with E-state index in [1.807, 2.05) is 62.6 Å². The first-order valence-corrected chi connectivity index (χ1v) is 11.1. The Kier molecular flexibility index (Phi) is 6.39. The van der Waals surface area contributed by atoms with Crippen molar-refractivity contribution in [3.63, 3.8) is 0 Å². The van der Waals surface area contributed by atoms with Gasteiger partial charge < -0.3 is 4.90 Å². The number of benzene rings is 3. The lowest BCUT2D eigenvalue weighted by Gasteiger charge is -2.38. The molecular formula is C28H29N3O. The van der Waals surface area contributed by atoms with E-state index >= 15 is 0 Å². The van der Waals surface area contributed by atoms with Crippen LogP contribution >= 0.6 is 0 Å². The van der Waals surface area contributed by atoms with Gasteiger partial charge in [-0.15, -0.1) is 0 Å². The fourth-order valence-electron chi connectivity index (χ4n) is 4.84. The number of rotatable bonds is 6. The normalized spacial score (nSPS) is 13.8. The highest BCUT2D eigenvalue weighted by Crippen LogP contribution is 2.38. The lowest BCUT2D eigenvalue weighted by Crippen LogP contribution is -2.47. The van der Waals surface area contributed by atoms with E-state index in [-0.39, 0.29) is 5.91 Å². The van der Waals surface area contributed by atoms with Gasteiger partial charge in [0, 0.05) is 33.7 Å². The number of carbonyl (C=O) groups is 1. The molecule has 1 aliphatic rings. The van der Waals surface area contributed by atoms with Crippen LogP contribution in [0.4, 0.5) is 0 Å². The Morgan fingerprint density at radius 3 is 2.16 bits per heavy atom. The number of nitrogens with zero attached hydrogens (tertiary/aromatic N) is 3. The number of likely N-dealkylation sites (N-methyl/N-ethyl adjacent to an activating group) is 1. The third-order valence-corrected chi connectivity index (χ3v) is 6.53. The number of fused-ring (bicyclic) bond motifs is 1. The van der Waals surface area contributed by atoms with Crippen LogP contribution in [0.1, 0.15) is 34.2 Å². The van der Waals surface area contributed by atoms with Gasteiger partial charge >= 0.3 is 0 Å². The molecule has 3 aromatic rings. The molecule has 4 nitrogen and oxygen atoms in total. The predicted molar refractivity (Wildman–Crippen MR) is 127 cm³/mol. The zero-order valence-corrected chi connectivity index (χ0v) is 18.8. The molecule has 162 valence electrons. The highest BCUT2D eigenvalue weighted by molar-refractivity contribution is 5.91. The zero-order valence-electron chi connectivity index (χ0n) is 18.8. The minimum absolute atomic E-state index is 0.0964. The van der Waals surface area contributed by atoms with Crippen LogP contribution in [-0.4, -0.2) is 42.9 Å². The van der Waals surface area contributed by atoms with Gasteiger partial charge in [-0.2, -0.15) is 5.26 Å². The maximum Gasteiger partial charge on any atom is 0.237 e. The molecular weight excluding hydrogens is 394 g/mol. The standard InChI is InChI=1S/C28H29N3O/c1-30(2)27(32)28(25-9-5-3-6-10-25,26-11-7-4-8-12-26)16-18-31-17-15-23-14-13-22(20-29)19-24(23)21-31/h3-14,19H,15-18,21H2,1-2H3. The third-order valence-electron chi connectivity index (χ3n) is 6.53. The Morgan fingerprint density at radius 2 is 1.59 bits per heavy atom. The Bertz CT molecular complexity index is 1080. The molecule has 0 bridgehead atoms. The molecule has 0 saturated carbocycles. The van der Waals surface area contributed by atoms with Crippen LogP contribution in [0.25, 0.3) is 0 Å². The van der Waals surface area contributed by atoms with Crippen LogP contribution in [0.15, 0.2) is 78.9 Å². The van der Waals surface area contributed by atoms with E-state index in [1.54, 1.807) is 4.90 Å². The second-order valence-electron chi connectivity index (χ2n) is 8.71. The molecule has 0 saturated heterocycles. The molecule has 0 spiro atoms. The largest absolute Gasteiger partial charge is 0.348 e. The highest BCUT2D eigenvalue weighted by atomic mass is 16.2. The molecule has 1 heterocycles. The number of amides is 1. The lowest BCUT2D eigenvalue weighted by molar-refractivity contribution is -0.133. The molecule has 0 atom stereocenters. The van der Waals surface area contributed by atoms with E-state index in [0.717, 1.165) is 37.2 Å². The summed E-state index contributed by atoms with van der Waals surface area (Å²) in [6.45, 7) is 2.55. The topological polar surface area (TPSA) is 47.3 Å². The molecule has 4 rings (SSSR count). The zero-order chi connectivity index (χ0) is 22.6. The van der Waals surface area contributed by atoms with Crippen LogP contribution in [0.2, 0.25) is 0 Å². The van der Waals surface area contributed by atoms with E-state index in [1.165, 1.54) is 11.1 Å². The summed E-state index contributed by atoms with van der Waals surface area (Å²) < 4.78 is 0. The Hall–Kier alpha value is -3.42. The van der Waals surface area contributed by atoms with Gasteiger partial charge in [0.05, 0.1) is 11.6 Å². The van der Waals surface area contributed by atoms with Crippen LogP contribution in [0.5, 0.6) is 0 Å².